The third kappa shape index (κ3) is 23.8. The first kappa shape index (κ1) is 24.8. The van der Waals surface area contributed by atoms with Crippen LogP contribution in [0.1, 0.15) is 77.0 Å². The molecule has 0 spiro atoms. The molecule has 0 aromatic carbocycles. The fourth-order valence-electron chi connectivity index (χ4n) is 2.30. The Morgan fingerprint density at radius 2 is 0.800 bits per heavy atom. The van der Waals surface area contributed by atoms with Crippen LogP contribution in [0.15, 0.2) is 25.0 Å². The molecule has 0 N–H and O–H groups in total. The zero-order valence-electron chi connectivity index (χ0n) is 15.6. The maximum Gasteiger partial charge on any atom is 0.125 e. The largest absolute Gasteiger partial charge is 0.498 e. The van der Waals surface area contributed by atoms with Gasteiger partial charge in [0.15, 0.2) is 0 Å². The van der Waals surface area contributed by atoms with E-state index in [0.29, 0.717) is 0 Å². The van der Waals surface area contributed by atoms with Crippen LogP contribution >= 0.6 is 31.9 Å². The summed E-state index contributed by atoms with van der Waals surface area (Å²) in [6.45, 7) is 1.52. The molecule has 25 heavy (non-hydrogen) atoms. The molecule has 0 aromatic heterocycles. The van der Waals surface area contributed by atoms with E-state index in [1.54, 1.807) is 25.0 Å². The SMILES string of the molecule is BrCCCCCCCCO/C=C/O/C=C/OCCCCCCCCBr. The Balaban J connectivity index is 3.14. The number of hydrogen-bond acceptors (Lipinski definition) is 3. The van der Waals surface area contributed by atoms with E-state index in [0.717, 1.165) is 36.7 Å². The quantitative estimate of drug-likeness (QED) is 0.102. The average Bonchev–Trinajstić information content (AvgIpc) is 2.63. The van der Waals surface area contributed by atoms with Gasteiger partial charge in [0, 0.05) is 10.7 Å². The molecule has 0 aliphatic heterocycles. The Kier molecular flexibility index (Phi) is 23.7. The number of unbranched alkanes of at least 4 members (excludes halogenated alkanes) is 10. The molecule has 0 saturated carbocycles. The van der Waals surface area contributed by atoms with Gasteiger partial charge in [-0.05, 0) is 25.7 Å². The molecule has 0 atom stereocenters. The predicted molar refractivity (Wildman–Crippen MR) is 114 cm³/mol. The molecule has 0 aliphatic carbocycles. The lowest BCUT2D eigenvalue weighted by Gasteiger charge is -2.02. The summed E-state index contributed by atoms with van der Waals surface area (Å²) in [7, 11) is 0. The number of ether oxygens (including phenoxy) is 3. The molecule has 0 saturated heterocycles. The second-order valence-electron chi connectivity index (χ2n) is 6.04. The van der Waals surface area contributed by atoms with Gasteiger partial charge in [-0.1, -0.05) is 83.2 Å². The zero-order chi connectivity index (χ0) is 18.3. The van der Waals surface area contributed by atoms with Crippen molar-refractivity contribution in [2.75, 3.05) is 23.9 Å². The number of hydrogen-bond donors (Lipinski definition) is 0. The molecule has 0 aliphatic rings. The van der Waals surface area contributed by atoms with Crippen LogP contribution in [0.4, 0.5) is 0 Å². The van der Waals surface area contributed by atoms with Crippen molar-refractivity contribution in [1.29, 1.82) is 0 Å². The van der Waals surface area contributed by atoms with Crippen LogP contribution in [-0.4, -0.2) is 23.9 Å². The first-order valence-corrected chi connectivity index (χ1v) is 12.0. The van der Waals surface area contributed by atoms with E-state index in [-0.39, 0.29) is 0 Å². The fraction of sp³-hybridized carbons (Fsp3) is 0.800. The third-order valence-electron chi connectivity index (χ3n) is 3.75. The molecule has 0 amide bonds. The van der Waals surface area contributed by atoms with Gasteiger partial charge in [0.25, 0.3) is 0 Å². The lowest BCUT2D eigenvalue weighted by molar-refractivity contribution is 0.215. The van der Waals surface area contributed by atoms with Crippen molar-refractivity contribution in [3.05, 3.63) is 25.0 Å². The van der Waals surface area contributed by atoms with Crippen molar-refractivity contribution < 1.29 is 14.2 Å². The van der Waals surface area contributed by atoms with Gasteiger partial charge < -0.3 is 14.2 Å². The Labute approximate surface area is 171 Å². The predicted octanol–water partition coefficient (Wildman–Crippen LogP) is 7.45. The van der Waals surface area contributed by atoms with E-state index in [1.807, 2.05) is 0 Å². The van der Waals surface area contributed by atoms with Crippen LogP contribution in [0, 0.1) is 0 Å². The second kappa shape index (κ2) is 23.8. The molecule has 3 nitrogen and oxygen atoms in total. The van der Waals surface area contributed by atoms with Crippen molar-refractivity contribution in [3.8, 4) is 0 Å². The highest BCUT2D eigenvalue weighted by Gasteiger charge is 1.91. The number of halogens is 2. The van der Waals surface area contributed by atoms with Crippen molar-refractivity contribution in [3.63, 3.8) is 0 Å². The summed E-state index contributed by atoms with van der Waals surface area (Å²) in [5, 5.41) is 2.25. The molecule has 5 heteroatoms. The molecule has 0 radical (unpaired) electrons. The lowest BCUT2D eigenvalue weighted by Crippen LogP contribution is -1.89. The number of alkyl halides is 2. The minimum absolute atomic E-state index is 0.758. The van der Waals surface area contributed by atoms with Crippen molar-refractivity contribution in [1.82, 2.24) is 0 Å². The Bertz CT molecular complexity index is 269. The topological polar surface area (TPSA) is 27.7 Å². The van der Waals surface area contributed by atoms with Gasteiger partial charge in [-0.3, -0.25) is 0 Å². The third-order valence-corrected chi connectivity index (χ3v) is 4.87. The first-order chi connectivity index (χ1) is 12.4. The Morgan fingerprint density at radius 3 is 1.20 bits per heavy atom. The lowest BCUT2D eigenvalue weighted by atomic mass is 10.1. The summed E-state index contributed by atoms with van der Waals surface area (Å²) in [5.41, 5.74) is 0. The van der Waals surface area contributed by atoms with Crippen molar-refractivity contribution in [2.45, 2.75) is 77.0 Å². The second-order valence-corrected chi connectivity index (χ2v) is 7.63. The van der Waals surface area contributed by atoms with Gasteiger partial charge in [-0.2, -0.15) is 0 Å². The van der Waals surface area contributed by atoms with Gasteiger partial charge in [0.1, 0.15) is 25.0 Å². The van der Waals surface area contributed by atoms with Gasteiger partial charge in [-0.15, -0.1) is 0 Å². The molecular weight excluding hydrogens is 448 g/mol. The highest BCUT2D eigenvalue weighted by molar-refractivity contribution is 9.09. The number of rotatable bonds is 20. The average molecular weight is 484 g/mol. The fourth-order valence-corrected chi connectivity index (χ4v) is 3.09. The van der Waals surface area contributed by atoms with E-state index < -0.39 is 0 Å². The van der Waals surface area contributed by atoms with E-state index in [2.05, 4.69) is 31.9 Å². The molecular formula is C20H36Br2O3. The van der Waals surface area contributed by atoms with Crippen LogP contribution in [-0.2, 0) is 14.2 Å². The summed E-state index contributed by atoms with van der Waals surface area (Å²) < 4.78 is 15.9. The molecule has 148 valence electrons. The molecule has 0 bridgehead atoms. The maximum absolute atomic E-state index is 5.37. The summed E-state index contributed by atoms with van der Waals surface area (Å²) in [6.07, 6.45) is 21.4. The van der Waals surface area contributed by atoms with E-state index in [9.17, 15) is 0 Å². The first-order valence-electron chi connectivity index (χ1n) is 9.72. The standard InChI is InChI=1S/C20H36Br2O3/c21-13-9-5-1-3-7-11-15-23-17-19-25-20-18-24-16-12-8-4-2-6-10-14-22/h17-20H,1-16H2/b19-17+,20-18+. The van der Waals surface area contributed by atoms with Crippen LogP contribution < -0.4 is 0 Å². The van der Waals surface area contributed by atoms with E-state index >= 15 is 0 Å². The summed E-state index contributed by atoms with van der Waals surface area (Å²) in [5.74, 6) is 0. The Morgan fingerprint density at radius 1 is 0.440 bits per heavy atom. The van der Waals surface area contributed by atoms with E-state index in [1.165, 1.54) is 64.2 Å². The summed E-state index contributed by atoms with van der Waals surface area (Å²) in [6, 6.07) is 0. The highest BCUT2D eigenvalue weighted by atomic mass is 79.9. The Hall–Kier alpha value is -0.160. The van der Waals surface area contributed by atoms with Gasteiger partial charge >= 0.3 is 0 Å². The molecule has 0 aromatic rings. The summed E-state index contributed by atoms with van der Waals surface area (Å²) >= 11 is 6.91. The minimum atomic E-state index is 0.758. The van der Waals surface area contributed by atoms with Crippen molar-refractivity contribution >= 4 is 31.9 Å². The summed E-state index contributed by atoms with van der Waals surface area (Å²) in [4.78, 5) is 0. The normalized spacial score (nSPS) is 11.4. The molecule has 0 fully saturated rings. The van der Waals surface area contributed by atoms with Crippen LogP contribution in [0.3, 0.4) is 0 Å². The van der Waals surface area contributed by atoms with Crippen LogP contribution in [0.2, 0.25) is 0 Å². The molecule has 0 heterocycles. The minimum Gasteiger partial charge on any atom is -0.498 e. The molecule has 0 unspecified atom stereocenters. The van der Waals surface area contributed by atoms with Gasteiger partial charge in [0.05, 0.1) is 13.2 Å². The molecule has 0 rings (SSSR count). The van der Waals surface area contributed by atoms with Crippen LogP contribution in [0.25, 0.3) is 0 Å². The van der Waals surface area contributed by atoms with Crippen molar-refractivity contribution in [2.24, 2.45) is 0 Å². The van der Waals surface area contributed by atoms with Crippen LogP contribution in [0.5, 0.6) is 0 Å². The maximum atomic E-state index is 5.37. The zero-order valence-corrected chi connectivity index (χ0v) is 18.8. The monoisotopic (exact) mass is 482 g/mol. The highest BCUT2D eigenvalue weighted by Crippen LogP contribution is 2.07. The van der Waals surface area contributed by atoms with E-state index in [4.69, 9.17) is 14.2 Å². The van der Waals surface area contributed by atoms with Gasteiger partial charge in [-0.25, -0.2) is 0 Å². The van der Waals surface area contributed by atoms with Gasteiger partial charge in [0.2, 0.25) is 0 Å². The smallest absolute Gasteiger partial charge is 0.125 e.